The number of carbonyl (C=O) groups is 1. The minimum atomic E-state index is -1.42. The van der Waals surface area contributed by atoms with E-state index in [-0.39, 0.29) is 24.2 Å². The number of alkyl halides is 1. The number of piperidine rings is 1. The van der Waals surface area contributed by atoms with Crippen molar-refractivity contribution >= 4 is 27.7 Å². The Hall–Kier alpha value is -3.47. The zero-order chi connectivity index (χ0) is 20.7. The van der Waals surface area contributed by atoms with Crippen LogP contribution in [0.5, 0.6) is 0 Å². The van der Waals surface area contributed by atoms with E-state index >= 15 is 4.39 Å². The molecule has 4 nitrogen and oxygen atoms in total. The molecule has 1 N–H and O–H groups in total. The number of fused-ring (bicyclic) bond motifs is 2. The van der Waals surface area contributed by atoms with E-state index < -0.39 is 5.67 Å². The molecular formula is C25H21FN2O2. The van der Waals surface area contributed by atoms with Gasteiger partial charge in [0.15, 0.2) is 5.43 Å². The summed E-state index contributed by atoms with van der Waals surface area (Å²) in [5.41, 5.74) is 0.826. The molecule has 0 atom stereocenters. The zero-order valence-electron chi connectivity index (χ0n) is 16.4. The lowest BCUT2D eigenvalue weighted by Crippen LogP contribution is -2.43. The number of pyridine rings is 1. The van der Waals surface area contributed by atoms with E-state index in [0.29, 0.717) is 46.0 Å². The SMILES string of the molecule is O=C(c1cccc2c(=O)c3ccccc3[nH]c12)N1CCC(F)(c2ccccc2)CC1. The van der Waals surface area contributed by atoms with Gasteiger partial charge in [0.25, 0.3) is 5.91 Å². The molecule has 1 aliphatic heterocycles. The number of amides is 1. The summed E-state index contributed by atoms with van der Waals surface area (Å²) in [4.78, 5) is 31.1. The van der Waals surface area contributed by atoms with Crippen LogP contribution in [0.15, 0.2) is 77.6 Å². The number of likely N-dealkylation sites (tertiary alicyclic amines) is 1. The highest BCUT2D eigenvalue weighted by Crippen LogP contribution is 2.37. The number of hydrogen-bond donors (Lipinski definition) is 1. The van der Waals surface area contributed by atoms with Gasteiger partial charge in [0.05, 0.1) is 11.1 Å². The highest BCUT2D eigenvalue weighted by Gasteiger charge is 2.37. The first-order valence-electron chi connectivity index (χ1n) is 10.1. The summed E-state index contributed by atoms with van der Waals surface area (Å²) < 4.78 is 15.4. The molecular weight excluding hydrogens is 379 g/mol. The number of H-pyrrole nitrogens is 1. The zero-order valence-corrected chi connectivity index (χ0v) is 16.4. The lowest BCUT2D eigenvalue weighted by molar-refractivity contribution is 0.0423. The van der Waals surface area contributed by atoms with E-state index in [0.717, 1.165) is 0 Å². The minimum Gasteiger partial charge on any atom is -0.354 e. The molecule has 0 bridgehead atoms. The summed E-state index contributed by atoms with van der Waals surface area (Å²) in [6.45, 7) is 0.664. The Morgan fingerprint density at radius 3 is 2.30 bits per heavy atom. The van der Waals surface area contributed by atoms with Crippen molar-refractivity contribution in [3.8, 4) is 0 Å². The van der Waals surface area contributed by atoms with Gasteiger partial charge in [0, 0.05) is 42.2 Å². The fourth-order valence-electron chi connectivity index (χ4n) is 4.38. The summed E-state index contributed by atoms with van der Waals surface area (Å²) in [6.07, 6.45) is 0.514. The molecule has 1 saturated heterocycles. The molecule has 1 amide bonds. The van der Waals surface area contributed by atoms with Gasteiger partial charge in [-0.25, -0.2) is 4.39 Å². The van der Waals surface area contributed by atoms with Crippen molar-refractivity contribution in [2.75, 3.05) is 13.1 Å². The molecule has 4 aromatic rings. The molecule has 2 heterocycles. The first-order valence-corrected chi connectivity index (χ1v) is 10.1. The van der Waals surface area contributed by atoms with E-state index in [2.05, 4.69) is 4.98 Å². The van der Waals surface area contributed by atoms with Crippen molar-refractivity contribution in [1.29, 1.82) is 0 Å². The number of benzene rings is 3. The highest BCUT2D eigenvalue weighted by molar-refractivity contribution is 6.07. The first-order chi connectivity index (χ1) is 14.6. The smallest absolute Gasteiger partial charge is 0.255 e. The van der Waals surface area contributed by atoms with Gasteiger partial charge < -0.3 is 9.88 Å². The number of hydrogen-bond acceptors (Lipinski definition) is 2. The average Bonchev–Trinajstić information content (AvgIpc) is 2.80. The molecule has 5 rings (SSSR count). The monoisotopic (exact) mass is 400 g/mol. The first kappa shape index (κ1) is 18.6. The van der Waals surface area contributed by atoms with Crippen LogP contribution < -0.4 is 5.43 Å². The molecule has 0 radical (unpaired) electrons. The van der Waals surface area contributed by atoms with E-state index in [1.54, 1.807) is 41.3 Å². The van der Waals surface area contributed by atoms with Crippen LogP contribution in [-0.2, 0) is 5.67 Å². The Bertz CT molecular complexity index is 1310. The standard InChI is InChI=1S/C25H21FN2O2/c26-25(17-7-2-1-3-8-17)13-15-28(16-14-25)24(30)20-11-6-10-19-22(20)27-21-12-5-4-9-18(21)23(19)29/h1-12H,13-16H2,(H,27,29). The summed E-state index contributed by atoms with van der Waals surface area (Å²) >= 11 is 0. The van der Waals surface area contributed by atoms with Crippen LogP contribution in [0.25, 0.3) is 21.8 Å². The van der Waals surface area contributed by atoms with Crippen molar-refractivity contribution in [3.63, 3.8) is 0 Å². The van der Waals surface area contributed by atoms with Gasteiger partial charge >= 0.3 is 0 Å². The Morgan fingerprint density at radius 2 is 1.53 bits per heavy atom. The van der Waals surface area contributed by atoms with Gasteiger partial charge in [-0.15, -0.1) is 0 Å². The number of nitrogens with zero attached hydrogens (tertiary/aromatic N) is 1. The number of rotatable bonds is 2. The molecule has 0 spiro atoms. The maximum absolute atomic E-state index is 15.4. The lowest BCUT2D eigenvalue weighted by Gasteiger charge is -2.36. The minimum absolute atomic E-state index is 0.0977. The lowest BCUT2D eigenvalue weighted by atomic mass is 9.86. The van der Waals surface area contributed by atoms with Gasteiger partial charge in [-0.05, 0) is 29.8 Å². The second-order valence-electron chi connectivity index (χ2n) is 7.85. The number of para-hydroxylation sites is 2. The van der Waals surface area contributed by atoms with Gasteiger partial charge in [0.1, 0.15) is 5.67 Å². The molecule has 0 unspecified atom stereocenters. The summed E-state index contributed by atoms with van der Waals surface area (Å²) in [5, 5.41) is 1.08. The molecule has 3 aromatic carbocycles. The van der Waals surface area contributed by atoms with Crippen LogP contribution in [0, 0.1) is 0 Å². The fraction of sp³-hybridized carbons (Fsp3) is 0.200. The molecule has 30 heavy (non-hydrogen) atoms. The Labute approximate surface area is 173 Å². The van der Waals surface area contributed by atoms with Crippen LogP contribution >= 0.6 is 0 Å². The van der Waals surface area contributed by atoms with Crippen LogP contribution in [-0.4, -0.2) is 28.9 Å². The van der Waals surface area contributed by atoms with Crippen molar-refractivity contribution in [2.45, 2.75) is 18.5 Å². The van der Waals surface area contributed by atoms with Crippen molar-refractivity contribution in [3.05, 3.63) is 94.1 Å². The van der Waals surface area contributed by atoms with E-state index in [4.69, 9.17) is 0 Å². The van der Waals surface area contributed by atoms with Gasteiger partial charge in [0.2, 0.25) is 0 Å². The number of aromatic amines is 1. The average molecular weight is 400 g/mol. The Kier molecular flexibility index (Phi) is 4.39. The maximum Gasteiger partial charge on any atom is 0.255 e. The predicted molar refractivity (Wildman–Crippen MR) is 116 cm³/mol. The van der Waals surface area contributed by atoms with Gasteiger partial charge in [-0.1, -0.05) is 48.5 Å². The number of nitrogens with one attached hydrogen (secondary N) is 1. The molecule has 1 fully saturated rings. The van der Waals surface area contributed by atoms with Gasteiger partial charge in [-0.2, -0.15) is 0 Å². The number of halogens is 1. The second-order valence-corrected chi connectivity index (χ2v) is 7.85. The summed E-state index contributed by atoms with van der Waals surface area (Å²) in [7, 11) is 0. The van der Waals surface area contributed by atoms with E-state index in [1.807, 2.05) is 36.4 Å². The normalized spacial score (nSPS) is 16.1. The maximum atomic E-state index is 15.4. The van der Waals surface area contributed by atoms with Crippen LogP contribution in [0.2, 0.25) is 0 Å². The third kappa shape index (κ3) is 2.98. The van der Waals surface area contributed by atoms with Gasteiger partial charge in [-0.3, -0.25) is 9.59 Å². The topological polar surface area (TPSA) is 53.2 Å². The Balaban J connectivity index is 1.48. The molecule has 5 heteroatoms. The number of aromatic nitrogens is 1. The summed E-state index contributed by atoms with van der Waals surface area (Å²) in [6, 6.07) is 21.6. The molecule has 1 aromatic heterocycles. The van der Waals surface area contributed by atoms with Crippen molar-refractivity contribution in [2.24, 2.45) is 0 Å². The van der Waals surface area contributed by atoms with Crippen LogP contribution in [0.1, 0.15) is 28.8 Å². The molecule has 1 aliphatic rings. The van der Waals surface area contributed by atoms with E-state index in [1.165, 1.54) is 0 Å². The fourth-order valence-corrected chi connectivity index (χ4v) is 4.38. The molecule has 150 valence electrons. The highest BCUT2D eigenvalue weighted by atomic mass is 19.1. The Morgan fingerprint density at radius 1 is 0.867 bits per heavy atom. The number of carbonyl (C=O) groups excluding carboxylic acids is 1. The summed E-state index contributed by atoms with van der Waals surface area (Å²) in [5.74, 6) is -0.179. The third-order valence-electron chi connectivity index (χ3n) is 6.11. The van der Waals surface area contributed by atoms with Crippen molar-refractivity contribution in [1.82, 2.24) is 9.88 Å². The predicted octanol–water partition coefficient (Wildman–Crippen LogP) is 4.78. The largest absolute Gasteiger partial charge is 0.354 e. The van der Waals surface area contributed by atoms with E-state index in [9.17, 15) is 9.59 Å². The van der Waals surface area contributed by atoms with Crippen LogP contribution in [0.3, 0.4) is 0 Å². The molecule has 0 aliphatic carbocycles. The quantitative estimate of drug-likeness (QED) is 0.492. The van der Waals surface area contributed by atoms with Crippen LogP contribution in [0.4, 0.5) is 4.39 Å². The van der Waals surface area contributed by atoms with Crippen molar-refractivity contribution < 1.29 is 9.18 Å². The molecule has 0 saturated carbocycles. The second kappa shape index (κ2) is 7.10. The third-order valence-corrected chi connectivity index (χ3v) is 6.11.